The van der Waals surface area contributed by atoms with E-state index in [-0.39, 0.29) is 24.6 Å². The van der Waals surface area contributed by atoms with Gasteiger partial charge in [-0.05, 0) is 55.8 Å². The second-order valence-corrected chi connectivity index (χ2v) is 9.04. The van der Waals surface area contributed by atoms with Gasteiger partial charge in [0.25, 0.3) is 10.0 Å². The van der Waals surface area contributed by atoms with E-state index in [4.69, 9.17) is 4.74 Å². The number of aryl methyl sites for hydroxylation is 2. The summed E-state index contributed by atoms with van der Waals surface area (Å²) in [4.78, 5) is 12.7. The quantitative estimate of drug-likeness (QED) is 0.517. The lowest BCUT2D eigenvalue weighted by molar-refractivity contribution is -0.119. The van der Waals surface area contributed by atoms with Crippen molar-refractivity contribution in [3.8, 4) is 5.75 Å². The van der Waals surface area contributed by atoms with Crippen LogP contribution in [0.25, 0.3) is 0 Å². The number of hydrogen-bond donors (Lipinski definition) is 1. The summed E-state index contributed by atoms with van der Waals surface area (Å²) in [6.07, 6.45) is 0. The van der Waals surface area contributed by atoms with E-state index in [1.54, 1.807) is 30.3 Å². The molecule has 0 aliphatic rings. The molecular weight excluding hydrogens is 412 g/mol. The fourth-order valence-corrected chi connectivity index (χ4v) is 4.44. The van der Waals surface area contributed by atoms with Crippen molar-refractivity contribution in [3.63, 3.8) is 0 Å². The number of hydrogen-bond acceptors (Lipinski definition) is 4. The van der Waals surface area contributed by atoms with E-state index in [0.29, 0.717) is 5.69 Å². The lowest BCUT2D eigenvalue weighted by Crippen LogP contribution is -2.41. The molecule has 6 nitrogen and oxygen atoms in total. The minimum atomic E-state index is -3.90. The van der Waals surface area contributed by atoms with Crippen LogP contribution in [0, 0.1) is 13.8 Å². The summed E-state index contributed by atoms with van der Waals surface area (Å²) in [5.41, 5.74) is 2.51. The van der Waals surface area contributed by atoms with Gasteiger partial charge in [0.15, 0.2) is 0 Å². The molecule has 0 atom stereocenters. The van der Waals surface area contributed by atoms with E-state index in [0.717, 1.165) is 21.2 Å². The largest absolute Gasteiger partial charge is 0.492 e. The summed E-state index contributed by atoms with van der Waals surface area (Å²) < 4.78 is 33.2. The Kier molecular flexibility index (Phi) is 7.31. The molecule has 0 unspecified atom stereocenters. The van der Waals surface area contributed by atoms with Crippen LogP contribution in [0.4, 0.5) is 5.69 Å². The predicted molar refractivity (Wildman–Crippen MR) is 122 cm³/mol. The average Bonchev–Trinajstić information content (AvgIpc) is 2.76. The molecule has 0 aromatic heterocycles. The summed E-state index contributed by atoms with van der Waals surface area (Å²) in [7, 11) is -3.90. The molecule has 0 aliphatic heterocycles. The standard InChI is InChI=1S/C24H26N2O4S/c1-19-11-13-21(14-12-19)26(31(28,29)23-9-4-3-5-10-23)18-24(27)25-15-16-30-22-8-6-7-20(2)17-22/h3-14,17H,15-16,18H2,1-2H3,(H,25,27). The van der Waals surface area contributed by atoms with Gasteiger partial charge in [0, 0.05) is 0 Å². The second-order valence-electron chi connectivity index (χ2n) is 7.18. The van der Waals surface area contributed by atoms with Crippen molar-refractivity contribution in [1.82, 2.24) is 5.32 Å². The number of sulfonamides is 1. The Labute approximate surface area is 183 Å². The average molecular weight is 439 g/mol. The molecule has 3 rings (SSSR count). The molecule has 3 aromatic rings. The van der Waals surface area contributed by atoms with E-state index in [1.807, 2.05) is 50.2 Å². The molecule has 31 heavy (non-hydrogen) atoms. The molecule has 162 valence electrons. The van der Waals surface area contributed by atoms with Gasteiger partial charge >= 0.3 is 0 Å². The van der Waals surface area contributed by atoms with Crippen molar-refractivity contribution in [2.45, 2.75) is 18.7 Å². The fourth-order valence-electron chi connectivity index (χ4n) is 3.00. The normalized spacial score (nSPS) is 11.0. The number of nitrogens with one attached hydrogen (secondary N) is 1. The van der Waals surface area contributed by atoms with E-state index < -0.39 is 15.9 Å². The first kappa shape index (κ1) is 22.4. The minimum Gasteiger partial charge on any atom is -0.492 e. The third-order valence-electron chi connectivity index (χ3n) is 4.62. The number of carbonyl (C=O) groups excluding carboxylic acids is 1. The second kappa shape index (κ2) is 10.1. The van der Waals surface area contributed by atoms with Gasteiger partial charge in [0.05, 0.1) is 17.1 Å². The van der Waals surface area contributed by atoms with Crippen LogP contribution in [0.2, 0.25) is 0 Å². The Morgan fingerprint density at radius 3 is 2.29 bits per heavy atom. The molecule has 0 fully saturated rings. The summed E-state index contributed by atoms with van der Waals surface area (Å²) in [5.74, 6) is 0.315. The monoisotopic (exact) mass is 438 g/mol. The van der Waals surface area contributed by atoms with Gasteiger partial charge in [-0.1, -0.05) is 48.0 Å². The van der Waals surface area contributed by atoms with Crippen LogP contribution in [0.1, 0.15) is 11.1 Å². The first-order chi connectivity index (χ1) is 14.9. The molecule has 0 spiro atoms. The summed E-state index contributed by atoms with van der Waals surface area (Å²) >= 11 is 0. The Balaban J connectivity index is 1.68. The van der Waals surface area contributed by atoms with E-state index in [2.05, 4.69) is 5.32 Å². The van der Waals surface area contributed by atoms with Gasteiger partial charge in [-0.15, -0.1) is 0 Å². The third-order valence-corrected chi connectivity index (χ3v) is 6.41. The van der Waals surface area contributed by atoms with Crippen LogP contribution in [0.15, 0.2) is 83.8 Å². The number of nitrogens with zero attached hydrogens (tertiary/aromatic N) is 1. The SMILES string of the molecule is Cc1ccc(N(CC(=O)NCCOc2cccc(C)c2)S(=O)(=O)c2ccccc2)cc1. The molecule has 0 saturated heterocycles. The highest BCUT2D eigenvalue weighted by Crippen LogP contribution is 2.23. The predicted octanol–water partition coefficient (Wildman–Crippen LogP) is 3.69. The van der Waals surface area contributed by atoms with Crippen LogP contribution >= 0.6 is 0 Å². The maximum Gasteiger partial charge on any atom is 0.264 e. The van der Waals surface area contributed by atoms with Gasteiger partial charge in [-0.3, -0.25) is 9.10 Å². The van der Waals surface area contributed by atoms with E-state index in [9.17, 15) is 13.2 Å². The number of ether oxygens (including phenoxy) is 1. The molecule has 0 saturated carbocycles. The first-order valence-corrected chi connectivity index (χ1v) is 11.4. The van der Waals surface area contributed by atoms with Crippen molar-refractivity contribution in [1.29, 1.82) is 0 Å². The lowest BCUT2D eigenvalue weighted by atomic mass is 10.2. The number of rotatable bonds is 9. The highest BCUT2D eigenvalue weighted by atomic mass is 32.2. The number of anilines is 1. The van der Waals surface area contributed by atoms with E-state index in [1.165, 1.54) is 12.1 Å². The highest BCUT2D eigenvalue weighted by molar-refractivity contribution is 7.92. The Morgan fingerprint density at radius 1 is 0.903 bits per heavy atom. The lowest BCUT2D eigenvalue weighted by Gasteiger charge is -2.24. The zero-order chi connectivity index (χ0) is 22.3. The smallest absolute Gasteiger partial charge is 0.264 e. The number of benzene rings is 3. The molecule has 0 bridgehead atoms. The van der Waals surface area contributed by atoms with Crippen LogP contribution in [-0.4, -0.2) is 34.0 Å². The van der Waals surface area contributed by atoms with Gasteiger partial charge < -0.3 is 10.1 Å². The molecule has 0 heterocycles. The van der Waals surface area contributed by atoms with Crippen LogP contribution < -0.4 is 14.4 Å². The molecule has 1 N–H and O–H groups in total. The summed E-state index contributed by atoms with van der Waals surface area (Å²) in [6, 6.07) is 22.8. The number of amides is 1. The molecule has 3 aromatic carbocycles. The Hall–Kier alpha value is -3.32. The Bertz CT molecular complexity index is 1110. The van der Waals surface area contributed by atoms with E-state index >= 15 is 0 Å². The molecule has 0 radical (unpaired) electrons. The van der Waals surface area contributed by atoms with Gasteiger partial charge in [-0.25, -0.2) is 8.42 Å². The van der Waals surface area contributed by atoms with Gasteiger partial charge in [-0.2, -0.15) is 0 Å². The molecule has 7 heteroatoms. The molecule has 0 aliphatic carbocycles. The van der Waals surface area contributed by atoms with Crippen LogP contribution in [-0.2, 0) is 14.8 Å². The van der Waals surface area contributed by atoms with Crippen molar-refractivity contribution in [3.05, 3.63) is 90.0 Å². The maximum absolute atomic E-state index is 13.2. The Morgan fingerprint density at radius 2 is 1.61 bits per heavy atom. The van der Waals surface area contributed by atoms with Crippen molar-refractivity contribution >= 4 is 21.6 Å². The topological polar surface area (TPSA) is 75.7 Å². The summed E-state index contributed by atoms with van der Waals surface area (Å²) in [5, 5.41) is 2.73. The van der Waals surface area contributed by atoms with Gasteiger partial charge in [0.1, 0.15) is 18.9 Å². The zero-order valence-corrected chi connectivity index (χ0v) is 18.4. The number of carbonyl (C=O) groups is 1. The maximum atomic E-state index is 13.2. The molecule has 1 amide bonds. The van der Waals surface area contributed by atoms with Gasteiger partial charge in [0.2, 0.25) is 5.91 Å². The summed E-state index contributed by atoms with van der Waals surface area (Å²) in [6.45, 7) is 4.11. The van der Waals surface area contributed by atoms with Crippen molar-refractivity contribution in [2.75, 3.05) is 24.0 Å². The molecular formula is C24H26N2O4S. The van der Waals surface area contributed by atoms with Crippen LogP contribution in [0.5, 0.6) is 5.75 Å². The fraction of sp³-hybridized carbons (Fsp3) is 0.208. The first-order valence-electron chi connectivity index (χ1n) is 9.97. The van der Waals surface area contributed by atoms with Crippen molar-refractivity contribution < 1.29 is 17.9 Å². The van der Waals surface area contributed by atoms with Crippen LogP contribution in [0.3, 0.4) is 0 Å². The zero-order valence-electron chi connectivity index (χ0n) is 17.6. The van der Waals surface area contributed by atoms with Crippen molar-refractivity contribution in [2.24, 2.45) is 0 Å². The minimum absolute atomic E-state index is 0.131. The third kappa shape index (κ3) is 6.08. The highest BCUT2D eigenvalue weighted by Gasteiger charge is 2.26.